The lowest BCUT2D eigenvalue weighted by Crippen LogP contribution is -2.23. The van der Waals surface area contributed by atoms with Crippen LogP contribution < -0.4 is 15.1 Å². The van der Waals surface area contributed by atoms with E-state index in [0.717, 1.165) is 30.0 Å². The van der Waals surface area contributed by atoms with Gasteiger partial charge < -0.3 is 15.0 Å². The summed E-state index contributed by atoms with van der Waals surface area (Å²) in [6.07, 6.45) is 0.688. The molecule has 3 aromatic rings. The van der Waals surface area contributed by atoms with Crippen LogP contribution in [0.1, 0.15) is 15.9 Å². The zero-order valence-corrected chi connectivity index (χ0v) is 16.4. The molecule has 2 heterocycles. The molecule has 0 unspecified atom stereocenters. The number of nitrogens with zero attached hydrogens (tertiary/aromatic N) is 2. The molecule has 1 fully saturated rings. The highest BCUT2D eigenvalue weighted by atomic mass is 16.6. The van der Waals surface area contributed by atoms with E-state index in [-0.39, 0.29) is 12.0 Å². The summed E-state index contributed by atoms with van der Waals surface area (Å²) in [4.78, 5) is 28.1. The lowest BCUT2D eigenvalue weighted by Gasteiger charge is -2.20. The Morgan fingerprint density at radius 2 is 1.53 bits per heavy atom. The number of cyclic esters (lactones) is 1. The van der Waals surface area contributed by atoms with Crippen LogP contribution in [0, 0.1) is 0 Å². The van der Waals surface area contributed by atoms with E-state index in [9.17, 15) is 9.59 Å². The molecule has 0 aliphatic carbocycles. The summed E-state index contributed by atoms with van der Waals surface area (Å²) < 4.78 is 4.95. The first kappa shape index (κ1) is 18.2. The monoisotopic (exact) mass is 399 g/mol. The first-order valence-corrected chi connectivity index (χ1v) is 10.0. The number of hydrogen-bond acceptors (Lipinski definition) is 4. The van der Waals surface area contributed by atoms with Crippen LogP contribution in [-0.4, -0.2) is 31.7 Å². The Morgan fingerprint density at radius 3 is 2.27 bits per heavy atom. The molecule has 30 heavy (non-hydrogen) atoms. The number of rotatable bonds is 4. The van der Waals surface area contributed by atoms with E-state index in [1.54, 1.807) is 29.2 Å². The lowest BCUT2D eigenvalue weighted by molar-refractivity contribution is 0.102. The minimum Gasteiger partial charge on any atom is -0.447 e. The zero-order valence-electron chi connectivity index (χ0n) is 16.4. The number of nitrogens with one attached hydrogen (secondary N) is 1. The van der Waals surface area contributed by atoms with Crippen LogP contribution in [0.25, 0.3) is 0 Å². The predicted molar refractivity (Wildman–Crippen MR) is 117 cm³/mol. The van der Waals surface area contributed by atoms with Crippen molar-refractivity contribution >= 4 is 34.7 Å². The fourth-order valence-electron chi connectivity index (χ4n) is 3.96. The maximum atomic E-state index is 12.6. The van der Waals surface area contributed by atoms with Gasteiger partial charge in [0, 0.05) is 34.9 Å². The molecule has 2 aliphatic rings. The molecule has 0 bridgehead atoms. The Balaban J connectivity index is 1.26. The first-order valence-electron chi connectivity index (χ1n) is 10.0. The van der Waals surface area contributed by atoms with Crippen LogP contribution in [0.5, 0.6) is 0 Å². The van der Waals surface area contributed by atoms with Gasteiger partial charge in [-0.05, 0) is 66.6 Å². The molecule has 0 aromatic heterocycles. The molecule has 6 heteroatoms. The number of anilines is 4. The van der Waals surface area contributed by atoms with Gasteiger partial charge in [0.25, 0.3) is 5.91 Å². The maximum absolute atomic E-state index is 12.6. The molecule has 150 valence electrons. The summed E-state index contributed by atoms with van der Waals surface area (Å²) in [6.45, 7) is 1.88. The minimum atomic E-state index is -0.354. The molecule has 3 aromatic carbocycles. The Hall–Kier alpha value is -3.80. The predicted octanol–water partition coefficient (Wildman–Crippen LogP) is 4.59. The maximum Gasteiger partial charge on any atom is 0.414 e. The molecule has 2 amide bonds. The molecular weight excluding hydrogens is 378 g/mol. The van der Waals surface area contributed by atoms with E-state index >= 15 is 0 Å². The van der Waals surface area contributed by atoms with Gasteiger partial charge in [-0.15, -0.1) is 0 Å². The van der Waals surface area contributed by atoms with Crippen molar-refractivity contribution in [1.29, 1.82) is 0 Å². The normalized spacial score (nSPS) is 15.1. The first-order chi connectivity index (χ1) is 14.7. The summed E-state index contributed by atoms with van der Waals surface area (Å²) in [7, 11) is 0. The third kappa shape index (κ3) is 3.37. The van der Waals surface area contributed by atoms with E-state index in [2.05, 4.69) is 34.5 Å². The van der Waals surface area contributed by atoms with E-state index in [0.29, 0.717) is 18.7 Å². The second kappa shape index (κ2) is 7.55. The van der Waals surface area contributed by atoms with Crippen LogP contribution in [-0.2, 0) is 11.2 Å². The van der Waals surface area contributed by atoms with Crippen molar-refractivity contribution in [2.45, 2.75) is 6.42 Å². The lowest BCUT2D eigenvalue weighted by atomic mass is 10.1. The van der Waals surface area contributed by atoms with Crippen LogP contribution in [0.3, 0.4) is 0 Å². The summed E-state index contributed by atoms with van der Waals surface area (Å²) >= 11 is 0. The topological polar surface area (TPSA) is 61.9 Å². The van der Waals surface area contributed by atoms with Crippen LogP contribution in [0.2, 0.25) is 0 Å². The molecular formula is C24H21N3O3. The van der Waals surface area contributed by atoms with E-state index in [1.165, 1.54) is 11.3 Å². The Labute approximate surface area is 174 Å². The molecule has 5 rings (SSSR count). The number of benzene rings is 3. The summed E-state index contributed by atoms with van der Waals surface area (Å²) in [6, 6.07) is 23.3. The van der Waals surface area contributed by atoms with E-state index in [1.807, 2.05) is 24.3 Å². The average Bonchev–Trinajstić information content (AvgIpc) is 3.41. The summed E-state index contributed by atoms with van der Waals surface area (Å²) in [5.41, 5.74) is 5.72. The molecule has 0 spiro atoms. The molecule has 0 radical (unpaired) electrons. The Bertz CT molecular complexity index is 1090. The van der Waals surface area contributed by atoms with Gasteiger partial charge in [-0.2, -0.15) is 0 Å². The third-order valence-corrected chi connectivity index (χ3v) is 5.53. The number of para-hydroxylation sites is 1. The van der Waals surface area contributed by atoms with Gasteiger partial charge in [-0.3, -0.25) is 9.69 Å². The molecule has 1 N–H and O–H groups in total. The van der Waals surface area contributed by atoms with Crippen molar-refractivity contribution in [3.05, 3.63) is 83.9 Å². The summed E-state index contributed by atoms with van der Waals surface area (Å²) in [5.74, 6) is -0.190. The second-order valence-corrected chi connectivity index (χ2v) is 7.34. The fraction of sp³-hybridized carbons (Fsp3) is 0.167. The third-order valence-electron chi connectivity index (χ3n) is 5.53. The van der Waals surface area contributed by atoms with Crippen molar-refractivity contribution in [2.75, 3.05) is 34.8 Å². The number of fused-ring (bicyclic) bond motifs is 1. The number of amides is 2. The van der Waals surface area contributed by atoms with Crippen molar-refractivity contribution in [2.24, 2.45) is 0 Å². The van der Waals surface area contributed by atoms with Crippen LogP contribution >= 0.6 is 0 Å². The van der Waals surface area contributed by atoms with Gasteiger partial charge in [-0.25, -0.2) is 4.79 Å². The van der Waals surface area contributed by atoms with Gasteiger partial charge >= 0.3 is 6.09 Å². The van der Waals surface area contributed by atoms with E-state index < -0.39 is 0 Å². The largest absolute Gasteiger partial charge is 0.447 e. The molecule has 1 saturated heterocycles. The Kier molecular flexibility index (Phi) is 4.59. The van der Waals surface area contributed by atoms with Gasteiger partial charge in [0.2, 0.25) is 0 Å². The molecule has 0 saturated carbocycles. The molecule has 0 atom stereocenters. The van der Waals surface area contributed by atoms with E-state index in [4.69, 9.17) is 4.74 Å². The minimum absolute atomic E-state index is 0.190. The number of ether oxygens (including phenoxy) is 1. The fourth-order valence-corrected chi connectivity index (χ4v) is 3.96. The van der Waals surface area contributed by atoms with Crippen molar-refractivity contribution < 1.29 is 14.3 Å². The van der Waals surface area contributed by atoms with Gasteiger partial charge in [-0.1, -0.05) is 18.2 Å². The number of carbonyl (C=O) groups excluding carboxylic acids is 2. The SMILES string of the molecule is O=C(Nc1ccc(N2CCc3ccccc32)cc1)c1ccc(N2CCOC2=O)cc1. The number of hydrogen-bond donors (Lipinski definition) is 1. The van der Waals surface area contributed by atoms with Crippen molar-refractivity contribution in [1.82, 2.24) is 0 Å². The summed E-state index contributed by atoms with van der Waals surface area (Å²) in [5, 5.41) is 2.93. The van der Waals surface area contributed by atoms with Crippen molar-refractivity contribution in [3.63, 3.8) is 0 Å². The smallest absolute Gasteiger partial charge is 0.414 e. The van der Waals surface area contributed by atoms with Gasteiger partial charge in [0.15, 0.2) is 0 Å². The highest BCUT2D eigenvalue weighted by Crippen LogP contribution is 2.34. The van der Waals surface area contributed by atoms with Crippen LogP contribution in [0.4, 0.5) is 27.5 Å². The van der Waals surface area contributed by atoms with Gasteiger partial charge in [0.05, 0.1) is 6.54 Å². The quantitative estimate of drug-likeness (QED) is 0.697. The second-order valence-electron chi connectivity index (χ2n) is 7.34. The van der Waals surface area contributed by atoms with Gasteiger partial charge in [0.1, 0.15) is 6.61 Å². The van der Waals surface area contributed by atoms with Crippen LogP contribution in [0.15, 0.2) is 72.8 Å². The molecule has 6 nitrogen and oxygen atoms in total. The standard InChI is InChI=1S/C24H21N3O3/c28-23(18-5-9-21(10-6-18)27-15-16-30-24(27)29)25-19-7-11-20(12-8-19)26-14-13-17-3-1-2-4-22(17)26/h1-12H,13-16H2,(H,25,28). The number of carbonyl (C=O) groups is 2. The Morgan fingerprint density at radius 1 is 0.833 bits per heavy atom. The average molecular weight is 399 g/mol. The highest BCUT2D eigenvalue weighted by Gasteiger charge is 2.23. The van der Waals surface area contributed by atoms with Crippen molar-refractivity contribution in [3.8, 4) is 0 Å². The zero-order chi connectivity index (χ0) is 20.5. The highest BCUT2D eigenvalue weighted by molar-refractivity contribution is 6.04. The molecule has 2 aliphatic heterocycles.